The van der Waals surface area contributed by atoms with Crippen molar-refractivity contribution < 1.29 is 0 Å². The Labute approximate surface area is 94.5 Å². The number of likely N-dealkylation sites (N-methyl/N-ethyl adjacent to an activating group) is 1. The lowest BCUT2D eigenvalue weighted by molar-refractivity contribution is 0.0675. The van der Waals surface area contributed by atoms with E-state index in [0.717, 1.165) is 11.5 Å². The summed E-state index contributed by atoms with van der Waals surface area (Å²) in [7, 11) is 4.30. The highest BCUT2D eigenvalue weighted by atomic mass is 15.2. The fraction of sp³-hybridized carbons (Fsp3) is 0.846. The molecule has 0 radical (unpaired) electrons. The lowest BCUT2D eigenvalue weighted by Crippen LogP contribution is -2.59. The third kappa shape index (κ3) is 2.43. The minimum absolute atomic E-state index is 0.111. The summed E-state index contributed by atoms with van der Waals surface area (Å²) >= 11 is 0. The van der Waals surface area contributed by atoms with Gasteiger partial charge in [0, 0.05) is 11.6 Å². The maximum atomic E-state index is 6.33. The molecule has 0 aromatic carbocycles. The largest absolute Gasteiger partial charge is 0.323 e. The molecule has 0 saturated heterocycles. The highest BCUT2D eigenvalue weighted by Gasteiger charge is 2.41. The molecule has 0 aromatic heterocycles. The van der Waals surface area contributed by atoms with E-state index in [9.17, 15) is 0 Å². The van der Waals surface area contributed by atoms with Crippen LogP contribution in [0, 0.1) is 5.92 Å². The molecule has 0 aromatic rings. The number of rotatable bonds is 3. The Morgan fingerprint density at radius 2 is 1.87 bits per heavy atom. The zero-order chi connectivity index (χ0) is 11.6. The third-order valence-corrected chi connectivity index (χ3v) is 4.14. The van der Waals surface area contributed by atoms with Crippen LogP contribution in [0.1, 0.15) is 39.5 Å². The van der Waals surface area contributed by atoms with Gasteiger partial charge in [-0.3, -0.25) is 0 Å². The van der Waals surface area contributed by atoms with Crippen LogP contribution in [0.5, 0.6) is 0 Å². The number of nitrogens with zero attached hydrogens (tertiary/aromatic N) is 1. The molecule has 1 saturated carbocycles. The molecule has 0 bridgehead atoms. The van der Waals surface area contributed by atoms with E-state index < -0.39 is 0 Å². The van der Waals surface area contributed by atoms with E-state index in [2.05, 4.69) is 32.5 Å². The van der Waals surface area contributed by atoms with Crippen molar-refractivity contribution in [1.82, 2.24) is 4.90 Å². The van der Waals surface area contributed by atoms with E-state index in [0.29, 0.717) is 0 Å². The summed E-state index contributed by atoms with van der Waals surface area (Å²) in [5, 5.41) is 0. The van der Waals surface area contributed by atoms with Gasteiger partial charge >= 0.3 is 0 Å². The molecular weight excluding hydrogens is 184 g/mol. The SMILES string of the molecule is C=C(C)C(N)C1(N(C)C)CCC(C)CC1. The van der Waals surface area contributed by atoms with Crippen LogP contribution in [0.3, 0.4) is 0 Å². The molecule has 2 heteroatoms. The molecule has 1 aliphatic rings. The van der Waals surface area contributed by atoms with Crippen LogP contribution in [0.15, 0.2) is 12.2 Å². The van der Waals surface area contributed by atoms with E-state index in [-0.39, 0.29) is 11.6 Å². The molecule has 1 aliphatic carbocycles. The van der Waals surface area contributed by atoms with Gasteiger partial charge in [0.15, 0.2) is 0 Å². The van der Waals surface area contributed by atoms with E-state index in [1.54, 1.807) is 0 Å². The Hall–Kier alpha value is -0.340. The average Bonchev–Trinajstić information content (AvgIpc) is 2.17. The smallest absolute Gasteiger partial charge is 0.0435 e. The van der Waals surface area contributed by atoms with Gasteiger partial charge in [-0.25, -0.2) is 0 Å². The summed E-state index contributed by atoms with van der Waals surface area (Å²) in [4.78, 5) is 2.32. The fourth-order valence-corrected chi connectivity index (χ4v) is 2.76. The van der Waals surface area contributed by atoms with Gasteiger partial charge in [0.2, 0.25) is 0 Å². The third-order valence-electron chi connectivity index (χ3n) is 4.14. The molecule has 1 unspecified atom stereocenters. The van der Waals surface area contributed by atoms with Gasteiger partial charge in [-0.2, -0.15) is 0 Å². The zero-order valence-electron chi connectivity index (χ0n) is 10.7. The van der Waals surface area contributed by atoms with Crippen molar-refractivity contribution in [2.75, 3.05) is 14.1 Å². The predicted octanol–water partition coefficient (Wildman–Crippen LogP) is 2.40. The van der Waals surface area contributed by atoms with E-state index >= 15 is 0 Å². The highest BCUT2D eigenvalue weighted by molar-refractivity contribution is 5.14. The Bertz CT molecular complexity index is 225. The molecule has 0 spiro atoms. The van der Waals surface area contributed by atoms with Gasteiger partial charge in [0.25, 0.3) is 0 Å². The van der Waals surface area contributed by atoms with Crippen molar-refractivity contribution in [2.24, 2.45) is 11.7 Å². The lowest BCUT2D eigenvalue weighted by Gasteiger charge is -2.48. The average molecular weight is 210 g/mol. The topological polar surface area (TPSA) is 29.3 Å². The van der Waals surface area contributed by atoms with Crippen molar-refractivity contribution in [1.29, 1.82) is 0 Å². The summed E-state index contributed by atoms with van der Waals surface area (Å²) in [6, 6.07) is 0.111. The fourth-order valence-electron chi connectivity index (χ4n) is 2.76. The normalized spacial score (nSPS) is 34.1. The van der Waals surface area contributed by atoms with Gasteiger partial charge in [0.05, 0.1) is 0 Å². The van der Waals surface area contributed by atoms with E-state index in [4.69, 9.17) is 5.73 Å². The van der Waals surface area contributed by atoms with Crippen LogP contribution < -0.4 is 5.73 Å². The Kier molecular flexibility index (Phi) is 3.96. The van der Waals surface area contributed by atoms with Crippen LogP contribution in [-0.4, -0.2) is 30.6 Å². The first kappa shape index (κ1) is 12.7. The van der Waals surface area contributed by atoms with Crippen molar-refractivity contribution in [3.63, 3.8) is 0 Å². The molecule has 2 N–H and O–H groups in total. The molecular formula is C13H26N2. The second-order valence-electron chi connectivity index (χ2n) is 5.50. The first-order valence-corrected chi connectivity index (χ1v) is 5.98. The summed E-state index contributed by atoms with van der Waals surface area (Å²) in [6.45, 7) is 8.41. The molecule has 1 atom stereocenters. The maximum absolute atomic E-state index is 6.33. The second kappa shape index (κ2) is 4.67. The Balaban J connectivity index is 2.84. The summed E-state index contributed by atoms with van der Waals surface area (Å²) in [5.74, 6) is 0.857. The van der Waals surface area contributed by atoms with Crippen molar-refractivity contribution in [3.05, 3.63) is 12.2 Å². The highest BCUT2D eigenvalue weighted by Crippen LogP contribution is 2.38. The number of hydrogen-bond acceptors (Lipinski definition) is 2. The van der Waals surface area contributed by atoms with Crippen LogP contribution >= 0.6 is 0 Å². The number of nitrogens with two attached hydrogens (primary N) is 1. The maximum Gasteiger partial charge on any atom is 0.0435 e. The molecule has 1 rings (SSSR count). The van der Waals surface area contributed by atoms with Crippen LogP contribution in [0.25, 0.3) is 0 Å². The van der Waals surface area contributed by atoms with Crippen LogP contribution in [0.2, 0.25) is 0 Å². The van der Waals surface area contributed by atoms with Crippen LogP contribution in [-0.2, 0) is 0 Å². The first-order chi connectivity index (χ1) is 6.90. The summed E-state index contributed by atoms with van der Waals surface area (Å²) in [6.07, 6.45) is 4.99. The number of hydrogen-bond donors (Lipinski definition) is 1. The Morgan fingerprint density at radius 3 is 2.20 bits per heavy atom. The quantitative estimate of drug-likeness (QED) is 0.725. The Morgan fingerprint density at radius 1 is 1.40 bits per heavy atom. The minimum atomic E-state index is 0.111. The molecule has 15 heavy (non-hydrogen) atoms. The van der Waals surface area contributed by atoms with Gasteiger partial charge in [-0.1, -0.05) is 19.1 Å². The van der Waals surface area contributed by atoms with Crippen LogP contribution in [0.4, 0.5) is 0 Å². The van der Waals surface area contributed by atoms with Crippen molar-refractivity contribution in [3.8, 4) is 0 Å². The van der Waals surface area contributed by atoms with E-state index in [1.807, 2.05) is 6.92 Å². The van der Waals surface area contributed by atoms with E-state index in [1.165, 1.54) is 25.7 Å². The molecule has 0 aliphatic heterocycles. The van der Waals surface area contributed by atoms with Gasteiger partial charge in [0.1, 0.15) is 0 Å². The molecule has 2 nitrogen and oxygen atoms in total. The first-order valence-electron chi connectivity index (χ1n) is 5.98. The standard InChI is InChI=1S/C13H26N2/c1-10(2)12(14)13(15(4)5)8-6-11(3)7-9-13/h11-12H,1,6-9,14H2,2-5H3. The molecule has 0 amide bonds. The molecule has 1 fully saturated rings. The minimum Gasteiger partial charge on any atom is -0.323 e. The predicted molar refractivity (Wildman–Crippen MR) is 66.8 cm³/mol. The van der Waals surface area contributed by atoms with Gasteiger partial charge in [-0.15, -0.1) is 0 Å². The molecule has 0 heterocycles. The van der Waals surface area contributed by atoms with Crippen molar-refractivity contribution in [2.45, 2.75) is 51.1 Å². The monoisotopic (exact) mass is 210 g/mol. The van der Waals surface area contributed by atoms with Gasteiger partial charge < -0.3 is 10.6 Å². The van der Waals surface area contributed by atoms with Gasteiger partial charge in [-0.05, 0) is 52.6 Å². The molecule has 88 valence electrons. The summed E-state index contributed by atoms with van der Waals surface area (Å²) in [5.41, 5.74) is 7.59. The van der Waals surface area contributed by atoms with Crippen molar-refractivity contribution >= 4 is 0 Å². The second-order valence-corrected chi connectivity index (χ2v) is 5.50. The zero-order valence-corrected chi connectivity index (χ0v) is 10.7. The summed E-state index contributed by atoms with van der Waals surface area (Å²) < 4.78 is 0. The lowest BCUT2D eigenvalue weighted by atomic mass is 9.71.